The number of piperazine rings is 1. The molecule has 42 heavy (non-hydrogen) atoms. The number of esters is 1. The Labute approximate surface area is 243 Å². The lowest BCUT2D eigenvalue weighted by molar-refractivity contribution is -0.0310. The molecular formula is C33H31N5O4. The van der Waals surface area contributed by atoms with Crippen LogP contribution in [0.3, 0.4) is 0 Å². The molecule has 2 unspecified atom stereocenters. The van der Waals surface area contributed by atoms with E-state index >= 15 is 0 Å². The first-order valence-corrected chi connectivity index (χ1v) is 14.0. The highest BCUT2D eigenvalue weighted by molar-refractivity contribution is 6.09. The fourth-order valence-corrected chi connectivity index (χ4v) is 5.97. The molecule has 2 aliphatic rings. The van der Waals surface area contributed by atoms with Crippen LogP contribution in [0.15, 0.2) is 79.3 Å². The van der Waals surface area contributed by atoms with Gasteiger partial charge in [-0.15, -0.1) is 0 Å². The number of nitrogens with zero attached hydrogens (tertiary/aromatic N) is 5. The number of fused-ring (bicyclic) bond motifs is 3. The number of anilines is 1. The number of ether oxygens (including phenoxy) is 2. The van der Waals surface area contributed by atoms with E-state index in [1.165, 1.54) is 7.11 Å². The van der Waals surface area contributed by atoms with Crippen LogP contribution in [0.25, 0.3) is 38.7 Å². The normalized spacial score (nSPS) is 17.9. The van der Waals surface area contributed by atoms with Crippen molar-refractivity contribution in [2.45, 2.75) is 38.5 Å². The van der Waals surface area contributed by atoms with Crippen molar-refractivity contribution < 1.29 is 19.1 Å². The van der Waals surface area contributed by atoms with Crippen LogP contribution < -0.4 is 4.90 Å². The second kappa shape index (κ2) is 9.58. The fourth-order valence-electron chi connectivity index (χ4n) is 5.97. The average Bonchev–Trinajstić information content (AvgIpc) is 3.39. The molecule has 7 rings (SSSR count). The van der Waals surface area contributed by atoms with Crippen LogP contribution in [-0.2, 0) is 9.47 Å². The van der Waals surface area contributed by atoms with Gasteiger partial charge < -0.3 is 14.4 Å². The van der Waals surface area contributed by atoms with Gasteiger partial charge in [-0.2, -0.15) is 5.10 Å². The molecule has 0 N–H and O–H groups in total. The Hall–Kier alpha value is -4.92. The summed E-state index contributed by atoms with van der Waals surface area (Å²) < 4.78 is 12.3. The zero-order valence-electron chi connectivity index (χ0n) is 23.9. The minimum absolute atomic E-state index is 0.217. The highest BCUT2D eigenvalue weighted by Gasteiger charge is 2.54. The number of carbonyl (C=O) groups is 2. The fraction of sp³-hybridized carbons (Fsp3) is 0.273. The van der Waals surface area contributed by atoms with Gasteiger partial charge in [0.2, 0.25) is 0 Å². The van der Waals surface area contributed by atoms with E-state index in [2.05, 4.69) is 34.3 Å². The predicted molar refractivity (Wildman–Crippen MR) is 161 cm³/mol. The number of hydrogen-bond donors (Lipinski definition) is 0. The zero-order valence-corrected chi connectivity index (χ0v) is 23.9. The van der Waals surface area contributed by atoms with Gasteiger partial charge in [0.15, 0.2) is 5.65 Å². The smallest absolute Gasteiger partial charge is 0.410 e. The SMILES string of the molecule is COC(=O)c1cccc2c(-c3cnn4cc(-c5ccc(N6CC7C6CN7C(=O)OC(C)(C)C)cc5)cnc34)cccc12. The molecule has 5 aromatic rings. The molecule has 0 spiro atoms. The van der Waals surface area contributed by atoms with E-state index in [0.717, 1.165) is 50.9 Å². The standard InChI is InChI=1S/C33H31N5O4/c1-33(2,3)42-32(40)37-19-28-29(37)18-36(28)22-13-11-20(12-14-22)21-15-34-30-27(16-35-38(30)17-21)25-9-5-8-24-23(25)7-6-10-26(24)31(39)41-4/h5-17,28-29H,18-19H2,1-4H3. The van der Waals surface area contributed by atoms with E-state index in [4.69, 9.17) is 14.5 Å². The molecular weight excluding hydrogens is 530 g/mol. The minimum Gasteiger partial charge on any atom is -0.465 e. The second-order valence-electron chi connectivity index (χ2n) is 11.8. The summed E-state index contributed by atoms with van der Waals surface area (Å²) in [4.78, 5) is 33.7. The molecule has 2 saturated heterocycles. The van der Waals surface area contributed by atoms with Crippen LogP contribution in [0.4, 0.5) is 10.5 Å². The Morgan fingerprint density at radius 2 is 1.62 bits per heavy atom. The first-order valence-electron chi connectivity index (χ1n) is 14.0. The van der Waals surface area contributed by atoms with Gasteiger partial charge >= 0.3 is 12.1 Å². The van der Waals surface area contributed by atoms with Gasteiger partial charge in [-0.25, -0.2) is 19.1 Å². The lowest BCUT2D eigenvalue weighted by atomic mass is 9.85. The Morgan fingerprint density at radius 3 is 2.33 bits per heavy atom. The summed E-state index contributed by atoms with van der Waals surface area (Å²) in [5.74, 6) is -0.365. The minimum atomic E-state index is -0.483. The molecule has 2 aliphatic heterocycles. The van der Waals surface area contributed by atoms with E-state index < -0.39 is 5.60 Å². The maximum Gasteiger partial charge on any atom is 0.410 e. The van der Waals surface area contributed by atoms with Crippen molar-refractivity contribution in [1.29, 1.82) is 0 Å². The van der Waals surface area contributed by atoms with Gasteiger partial charge in [0.25, 0.3) is 0 Å². The van der Waals surface area contributed by atoms with Gasteiger partial charge in [0, 0.05) is 42.3 Å². The van der Waals surface area contributed by atoms with E-state index in [9.17, 15) is 9.59 Å². The van der Waals surface area contributed by atoms with E-state index in [-0.39, 0.29) is 18.1 Å². The quantitative estimate of drug-likeness (QED) is 0.256. The van der Waals surface area contributed by atoms with Crippen LogP contribution in [0.2, 0.25) is 0 Å². The third-order valence-corrected chi connectivity index (χ3v) is 8.15. The summed E-state index contributed by atoms with van der Waals surface area (Å²) >= 11 is 0. The number of carbonyl (C=O) groups excluding carboxylic acids is 2. The first-order chi connectivity index (χ1) is 20.2. The van der Waals surface area contributed by atoms with Crippen LogP contribution in [-0.4, -0.2) is 69.4 Å². The van der Waals surface area contributed by atoms with Gasteiger partial charge in [-0.3, -0.25) is 4.90 Å². The molecule has 9 nitrogen and oxygen atoms in total. The number of amides is 1. The lowest BCUT2D eigenvalue weighted by Gasteiger charge is -2.62. The molecule has 3 aromatic carbocycles. The molecule has 212 valence electrons. The number of hydrogen-bond acceptors (Lipinski definition) is 7. The maximum absolute atomic E-state index is 12.4. The van der Waals surface area contributed by atoms with Crippen molar-refractivity contribution in [3.8, 4) is 22.3 Å². The summed E-state index contributed by atoms with van der Waals surface area (Å²) in [5.41, 5.74) is 5.75. The Balaban J connectivity index is 1.10. The van der Waals surface area contributed by atoms with Crippen molar-refractivity contribution in [2.24, 2.45) is 0 Å². The molecule has 2 atom stereocenters. The molecule has 0 bridgehead atoms. The monoisotopic (exact) mass is 561 g/mol. The molecule has 0 saturated carbocycles. The molecule has 4 heterocycles. The van der Waals surface area contributed by atoms with Crippen LogP contribution in [0, 0.1) is 0 Å². The number of rotatable bonds is 4. The van der Waals surface area contributed by atoms with E-state index in [1.807, 2.05) is 74.6 Å². The van der Waals surface area contributed by atoms with Gasteiger partial charge in [-0.05, 0) is 60.9 Å². The summed E-state index contributed by atoms with van der Waals surface area (Å²) in [7, 11) is 1.39. The zero-order chi connectivity index (χ0) is 29.2. The number of likely N-dealkylation sites (tertiary alicyclic amines) is 1. The van der Waals surface area contributed by atoms with Gasteiger partial charge in [0.05, 0.1) is 31.0 Å². The number of methoxy groups -OCH3 is 1. The predicted octanol–water partition coefficient (Wildman–Crippen LogP) is 5.81. The lowest BCUT2D eigenvalue weighted by Crippen LogP contribution is -2.80. The highest BCUT2D eigenvalue weighted by atomic mass is 16.6. The summed E-state index contributed by atoms with van der Waals surface area (Å²) in [6.07, 6.45) is 5.43. The van der Waals surface area contributed by atoms with E-state index in [0.29, 0.717) is 18.2 Å². The summed E-state index contributed by atoms with van der Waals surface area (Å²) in [6, 6.07) is 20.5. The molecule has 9 heteroatoms. The average molecular weight is 562 g/mol. The van der Waals surface area contributed by atoms with Crippen LogP contribution in [0.5, 0.6) is 0 Å². The molecule has 2 fully saturated rings. The summed E-state index contributed by atoms with van der Waals surface area (Å²) in [5, 5.41) is 6.37. The third-order valence-electron chi connectivity index (χ3n) is 8.15. The number of benzene rings is 3. The topological polar surface area (TPSA) is 89.3 Å². The maximum atomic E-state index is 12.4. The molecule has 0 radical (unpaired) electrons. The van der Waals surface area contributed by atoms with Crippen molar-refractivity contribution in [1.82, 2.24) is 19.5 Å². The van der Waals surface area contributed by atoms with Crippen molar-refractivity contribution in [3.63, 3.8) is 0 Å². The second-order valence-corrected chi connectivity index (χ2v) is 11.8. The number of aromatic nitrogens is 3. The highest BCUT2D eigenvalue weighted by Crippen LogP contribution is 2.39. The van der Waals surface area contributed by atoms with Crippen LogP contribution in [0.1, 0.15) is 31.1 Å². The first kappa shape index (κ1) is 26.0. The largest absolute Gasteiger partial charge is 0.465 e. The van der Waals surface area contributed by atoms with Gasteiger partial charge in [-0.1, -0.05) is 42.5 Å². The Morgan fingerprint density at radius 1 is 0.857 bits per heavy atom. The third kappa shape index (κ3) is 4.24. The summed E-state index contributed by atoms with van der Waals surface area (Å²) in [6.45, 7) is 7.17. The van der Waals surface area contributed by atoms with Crippen molar-refractivity contribution >= 4 is 34.2 Å². The Bertz CT molecular complexity index is 1860. The van der Waals surface area contributed by atoms with Crippen molar-refractivity contribution in [3.05, 3.63) is 84.8 Å². The van der Waals surface area contributed by atoms with E-state index in [1.54, 1.807) is 10.6 Å². The Kier molecular flexibility index (Phi) is 5.93. The molecule has 2 aromatic heterocycles. The van der Waals surface area contributed by atoms with Gasteiger partial charge in [0.1, 0.15) is 5.60 Å². The molecule has 1 amide bonds. The van der Waals surface area contributed by atoms with Crippen LogP contribution >= 0.6 is 0 Å². The van der Waals surface area contributed by atoms with Crippen molar-refractivity contribution in [2.75, 3.05) is 25.1 Å². The molecule has 0 aliphatic carbocycles.